The number of halogens is 10. The van der Waals surface area contributed by atoms with Crippen LogP contribution >= 0.6 is 11.6 Å². The van der Waals surface area contributed by atoms with Crippen molar-refractivity contribution < 1.29 is 49.0 Å². The Balaban J connectivity index is 6.02. The van der Waals surface area contributed by atoms with Gasteiger partial charge in [0.15, 0.2) is 0 Å². The van der Waals surface area contributed by atoms with Gasteiger partial charge in [0.25, 0.3) is 0 Å². The van der Waals surface area contributed by atoms with Crippen molar-refractivity contribution in [1.29, 1.82) is 0 Å². The predicted molar refractivity (Wildman–Crippen MR) is 33.2 cm³/mol. The molecule has 0 atom stereocenters. The lowest BCUT2D eigenvalue weighted by atomic mass is 10.0. The summed E-state index contributed by atoms with van der Waals surface area (Å²) in [5.74, 6) is 0. The molecule has 0 N–H and O–H groups in total. The summed E-state index contributed by atoms with van der Waals surface area (Å²) in [6, 6.07) is 0. The quantitative estimate of drug-likeness (QED) is 0.544. The van der Waals surface area contributed by atoms with Gasteiger partial charge in [-0.25, -0.2) is 4.79 Å². The van der Waals surface area contributed by atoms with E-state index >= 15 is 0 Å². The number of alkyl halides is 9. The summed E-state index contributed by atoms with van der Waals surface area (Å²) in [5.41, 5.74) is -9.54. The molecule has 0 aliphatic carbocycles. The third-order valence-corrected chi connectivity index (χ3v) is 1.51. The van der Waals surface area contributed by atoms with E-state index < -0.39 is 29.6 Å². The monoisotopic (exact) mass is 298 g/mol. The van der Waals surface area contributed by atoms with Crippen molar-refractivity contribution >= 4 is 17.0 Å². The van der Waals surface area contributed by atoms with Crippen LogP contribution in [0.1, 0.15) is 0 Å². The number of carbonyl (C=O) groups excluding carboxylic acids is 1. The highest BCUT2D eigenvalue weighted by atomic mass is 35.5. The molecule has 12 heteroatoms. The molecular formula is C5ClF9O2. The zero-order valence-corrected chi connectivity index (χ0v) is 7.85. The fraction of sp³-hybridized carbons (Fsp3) is 0.800. The van der Waals surface area contributed by atoms with E-state index in [1.807, 2.05) is 0 Å². The lowest BCUT2D eigenvalue weighted by Crippen LogP contribution is -2.68. The molecule has 0 saturated carbocycles. The van der Waals surface area contributed by atoms with E-state index in [2.05, 4.69) is 16.3 Å². The van der Waals surface area contributed by atoms with Crippen molar-refractivity contribution in [2.45, 2.75) is 24.1 Å². The minimum atomic E-state index is -6.96. The third kappa shape index (κ3) is 2.69. The van der Waals surface area contributed by atoms with Gasteiger partial charge in [-0.3, -0.25) is 0 Å². The Morgan fingerprint density at radius 2 is 1.00 bits per heavy atom. The molecule has 2 nitrogen and oxygen atoms in total. The number of carbonyl (C=O) groups is 1. The lowest BCUT2D eigenvalue weighted by Gasteiger charge is -2.36. The minimum Gasteiger partial charge on any atom is -0.420 e. The second-order valence-electron chi connectivity index (χ2n) is 2.51. The molecule has 0 saturated heterocycles. The number of hydrogen-bond donors (Lipinski definition) is 0. The van der Waals surface area contributed by atoms with Gasteiger partial charge >= 0.3 is 29.6 Å². The molecule has 0 heterocycles. The Bertz CT molecular complexity index is 264. The van der Waals surface area contributed by atoms with Crippen LogP contribution in [0, 0.1) is 0 Å². The van der Waals surface area contributed by atoms with Crippen molar-refractivity contribution in [2.75, 3.05) is 0 Å². The number of ether oxygens (including phenoxy) is 1. The SMILES string of the molecule is O=C(Cl)OC(C(F)(F)F)(C(F)(F)F)C(F)(F)F. The first-order valence-electron chi connectivity index (χ1n) is 3.25. The third-order valence-electron chi connectivity index (χ3n) is 1.43. The van der Waals surface area contributed by atoms with Gasteiger partial charge < -0.3 is 4.74 Å². The van der Waals surface area contributed by atoms with Crippen molar-refractivity contribution in [2.24, 2.45) is 0 Å². The summed E-state index contributed by atoms with van der Waals surface area (Å²) in [4.78, 5) is 9.84. The van der Waals surface area contributed by atoms with Crippen molar-refractivity contribution in [3.63, 3.8) is 0 Å². The van der Waals surface area contributed by atoms with Gasteiger partial charge in [-0.2, -0.15) is 39.5 Å². The zero-order valence-electron chi connectivity index (χ0n) is 7.10. The molecule has 0 aromatic heterocycles. The second kappa shape index (κ2) is 4.10. The summed E-state index contributed by atoms with van der Waals surface area (Å²) >= 11 is 4.02. The fourth-order valence-corrected chi connectivity index (χ4v) is 0.892. The molecule has 0 aliphatic rings. The normalized spacial score (nSPS) is 14.7. The van der Waals surface area contributed by atoms with Crippen LogP contribution in [-0.2, 0) is 4.74 Å². The molecule has 0 bridgehead atoms. The van der Waals surface area contributed by atoms with Gasteiger partial charge in [0.05, 0.1) is 0 Å². The van der Waals surface area contributed by atoms with Crippen LogP contribution in [0.15, 0.2) is 0 Å². The molecule has 0 fully saturated rings. The Kier molecular flexibility index (Phi) is 3.89. The second-order valence-corrected chi connectivity index (χ2v) is 2.82. The highest BCUT2D eigenvalue weighted by Gasteiger charge is 2.87. The minimum absolute atomic E-state index is 2.28. The molecule has 0 rings (SSSR count). The standard InChI is InChI=1S/C5ClF9O2/c6-1(16)17-2(3(7,8)9,4(10,11)12)5(13,14)15. The Morgan fingerprint density at radius 1 is 0.765 bits per heavy atom. The maximum absolute atomic E-state index is 12.0. The van der Waals surface area contributed by atoms with Gasteiger partial charge in [0, 0.05) is 11.6 Å². The Hall–Kier alpha value is -0.870. The van der Waals surface area contributed by atoms with E-state index in [-0.39, 0.29) is 0 Å². The average Bonchev–Trinajstić information content (AvgIpc) is 1.91. The molecule has 0 aromatic rings. The maximum Gasteiger partial charge on any atom is 0.447 e. The van der Waals surface area contributed by atoms with E-state index in [0.717, 1.165) is 0 Å². The van der Waals surface area contributed by atoms with Crippen LogP contribution in [0.3, 0.4) is 0 Å². The van der Waals surface area contributed by atoms with Crippen LogP contribution in [0.2, 0.25) is 0 Å². The topological polar surface area (TPSA) is 26.3 Å². The Morgan fingerprint density at radius 3 is 1.06 bits per heavy atom. The van der Waals surface area contributed by atoms with Gasteiger partial charge in [-0.1, -0.05) is 0 Å². The molecule has 0 aliphatic heterocycles. The smallest absolute Gasteiger partial charge is 0.420 e. The summed E-state index contributed by atoms with van der Waals surface area (Å²) < 4.78 is 110. The molecule has 17 heavy (non-hydrogen) atoms. The summed E-state index contributed by atoms with van der Waals surface area (Å²) in [7, 11) is 0. The van der Waals surface area contributed by atoms with Crippen LogP contribution in [0.4, 0.5) is 44.3 Å². The molecule has 102 valence electrons. The van der Waals surface area contributed by atoms with Gasteiger partial charge in [-0.05, 0) is 0 Å². The van der Waals surface area contributed by atoms with E-state index in [4.69, 9.17) is 0 Å². The van der Waals surface area contributed by atoms with Gasteiger partial charge in [0.2, 0.25) is 0 Å². The first-order valence-corrected chi connectivity index (χ1v) is 3.63. The average molecular weight is 298 g/mol. The molecule has 0 amide bonds. The van der Waals surface area contributed by atoms with E-state index in [1.165, 1.54) is 0 Å². The van der Waals surface area contributed by atoms with E-state index in [9.17, 15) is 44.3 Å². The molecule has 0 aromatic carbocycles. The Labute approximate surface area is 91.3 Å². The van der Waals surface area contributed by atoms with Crippen molar-refractivity contribution in [3.8, 4) is 0 Å². The molecular weight excluding hydrogens is 298 g/mol. The maximum atomic E-state index is 12.0. The largest absolute Gasteiger partial charge is 0.447 e. The van der Waals surface area contributed by atoms with E-state index in [1.54, 1.807) is 0 Å². The molecule has 0 radical (unpaired) electrons. The highest BCUT2D eigenvalue weighted by Crippen LogP contribution is 2.55. The highest BCUT2D eigenvalue weighted by molar-refractivity contribution is 6.61. The molecule has 0 unspecified atom stereocenters. The van der Waals surface area contributed by atoms with Crippen LogP contribution in [0.5, 0.6) is 0 Å². The number of rotatable bonds is 1. The van der Waals surface area contributed by atoms with Gasteiger partial charge in [-0.15, -0.1) is 0 Å². The van der Waals surface area contributed by atoms with Crippen molar-refractivity contribution in [1.82, 2.24) is 0 Å². The summed E-state index contributed by atoms with van der Waals surface area (Å²) in [5, 5.41) is 0. The summed E-state index contributed by atoms with van der Waals surface area (Å²) in [6.07, 6.45) is -20.9. The lowest BCUT2D eigenvalue weighted by molar-refractivity contribution is -0.442. The first kappa shape index (κ1) is 16.1. The molecule has 0 spiro atoms. The fourth-order valence-electron chi connectivity index (χ4n) is 0.776. The van der Waals surface area contributed by atoms with Crippen molar-refractivity contribution in [3.05, 3.63) is 0 Å². The number of hydrogen-bond acceptors (Lipinski definition) is 2. The predicted octanol–water partition coefficient (Wildman–Crippen LogP) is 3.79. The van der Waals surface area contributed by atoms with Crippen LogP contribution in [0.25, 0.3) is 0 Å². The first-order chi connectivity index (χ1) is 7.17. The zero-order chi connectivity index (χ0) is 14.3. The van der Waals surface area contributed by atoms with Crippen LogP contribution in [-0.4, -0.2) is 29.6 Å². The van der Waals surface area contributed by atoms with Crippen LogP contribution < -0.4 is 0 Å². The van der Waals surface area contributed by atoms with E-state index in [0.29, 0.717) is 0 Å². The summed E-state index contributed by atoms with van der Waals surface area (Å²) in [6.45, 7) is 0. The van der Waals surface area contributed by atoms with Gasteiger partial charge in [0.1, 0.15) is 0 Å².